The molecule has 1 rings (SSSR count). The van der Waals surface area contributed by atoms with Crippen molar-refractivity contribution < 1.29 is 3.73 Å². The first-order valence-electron chi connectivity index (χ1n) is 3.23. The van der Waals surface area contributed by atoms with Crippen LogP contribution in [0, 0.1) is 0 Å². The molecule has 0 spiro atoms. The molecular weight excluding hydrogens is 187 g/mol. The Morgan fingerprint density at radius 2 is 2.00 bits per heavy atom. The summed E-state index contributed by atoms with van der Waals surface area (Å²) in [5, 5.41) is 1.14. The van der Waals surface area contributed by atoms with Gasteiger partial charge in [0.15, 0.2) is 0 Å². The van der Waals surface area contributed by atoms with E-state index in [0.717, 1.165) is 5.21 Å². The van der Waals surface area contributed by atoms with E-state index in [4.69, 9.17) is 3.73 Å². The van der Waals surface area contributed by atoms with Gasteiger partial charge in [-0.2, -0.15) is 0 Å². The molecule has 0 aromatic heterocycles. The van der Waals surface area contributed by atoms with Gasteiger partial charge in [-0.3, -0.25) is 0 Å². The van der Waals surface area contributed by atoms with Crippen molar-refractivity contribution in [1.82, 2.24) is 0 Å². The molecule has 0 aliphatic rings. The summed E-state index contributed by atoms with van der Waals surface area (Å²) in [5.74, 6) is 0. The van der Waals surface area contributed by atoms with Gasteiger partial charge in [-0.15, -0.1) is 0 Å². The monoisotopic (exact) mass is 198 g/mol. The summed E-state index contributed by atoms with van der Waals surface area (Å²) < 4.78 is 5.07. The van der Waals surface area contributed by atoms with E-state index in [-0.39, 0.29) is 16.1 Å². The number of hydrogen-bond donors (Lipinski definition) is 0. The van der Waals surface area contributed by atoms with Crippen LogP contribution in [0.3, 0.4) is 0 Å². The fraction of sp³-hybridized carbons (Fsp3) is 0.250. The first-order chi connectivity index (χ1) is 4.93. The molecule has 1 unspecified atom stereocenters. The molecule has 0 saturated heterocycles. The van der Waals surface area contributed by atoms with Gasteiger partial charge in [0.25, 0.3) is 0 Å². The first-order valence-corrected chi connectivity index (χ1v) is 5.57. The minimum absolute atomic E-state index is 0.168. The van der Waals surface area contributed by atoms with Crippen molar-refractivity contribution in [3.05, 3.63) is 35.9 Å². The topological polar surface area (TPSA) is 9.23 Å². The number of benzene rings is 1. The van der Waals surface area contributed by atoms with Crippen LogP contribution in [0.2, 0.25) is 0 Å². The molecule has 10 heavy (non-hydrogen) atoms. The van der Waals surface area contributed by atoms with Crippen molar-refractivity contribution in [2.45, 2.75) is 5.21 Å². The molecule has 0 saturated carbocycles. The predicted octanol–water partition coefficient (Wildman–Crippen LogP) is 1.18. The molecule has 0 amide bonds. The molecule has 0 radical (unpaired) electrons. The molecule has 0 bridgehead atoms. The fourth-order valence-electron chi connectivity index (χ4n) is 0.751. The SMILES string of the molecule is CO[AsH]Cc1ccccc1. The Bertz CT molecular complexity index is 174. The zero-order valence-electron chi connectivity index (χ0n) is 6.00. The number of rotatable bonds is 3. The maximum absolute atomic E-state index is 5.07. The van der Waals surface area contributed by atoms with Crippen LogP contribution in [0.4, 0.5) is 0 Å². The van der Waals surface area contributed by atoms with Crippen LogP contribution >= 0.6 is 0 Å². The Hall–Kier alpha value is -0.262. The van der Waals surface area contributed by atoms with Crippen molar-refractivity contribution in [3.63, 3.8) is 0 Å². The van der Waals surface area contributed by atoms with Gasteiger partial charge in [-0.1, -0.05) is 0 Å². The van der Waals surface area contributed by atoms with E-state index in [1.165, 1.54) is 5.56 Å². The van der Waals surface area contributed by atoms with E-state index >= 15 is 0 Å². The number of hydrogen-bond acceptors (Lipinski definition) is 1. The fourth-order valence-corrected chi connectivity index (χ4v) is 1.90. The van der Waals surface area contributed by atoms with Crippen LogP contribution < -0.4 is 0 Å². The van der Waals surface area contributed by atoms with Crippen LogP contribution in [0.25, 0.3) is 0 Å². The molecule has 0 heterocycles. The molecule has 54 valence electrons. The zero-order valence-corrected chi connectivity index (χ0v) is 8.10. The third-order valence-corrected chi connectivity index (χ3v) is 3.03. The summed E-state index contributed by atoms with van der Waals surface area (Å²) in [7, 11) is 1.78. The van der Waals surface area contributed by atoms with Gasteiger partial charge in [-0.25, -0.2) is 0 Å². The van der Waals surface area contributed by atoms with Crippen LogP contribution in [-0.2, 0) is 8.93 Å². The van der Waals surface area contributed by atoms with Crippen molar-refractivity contribution in [1.29, 1.82) is 0 Å². The van der Waals surface area contributed by atoms with E-state index in [9.17, 15) is 0 Å². The summed E-state index contributed by atoms with van der Waals surface area (Å²) in [5.41, 5.74) is 1.39. The Kier molecular flexibility index (Phi) is 3.56. The van der Waals surface area contributed by atoms with Gasteiger partial charge in [0.05, 0.1) is 0 Å². The summed E-state index contributed by atoms with van der Waals surface area (Å²) in [4.78, 5) is 0. The van der Waals surface area contributed by atoms with E-state index in [2.05, 4.69) is 24.3 Å². The van der Waals surface area contributed by atoms with Gasteiger partial charge >= 0.3 is 68.0 Å². The van der Waals surface area contributed by atoms with Gasteiger partial charge in [0.1, 0.15) is 0 Å². The van der Waals surface area contributed by atoms with E-state index < -0.39 is 0 Å². The second-order valence-electron chi connectivity index (χ2n) is 2.01. The van der Waals surface area contributed by atoms with Crippen LogP contribution in [-0.4, -0.2) is 23.2 Å². The zero-order chi connectivity index (χ0) is 7.23. The summed E-state index contributed by atoms with van der Waals surface area (Å²) in [6.07, 6.45) is 0. The third kappa shape index (κ3) is 2.55. The van der Waals surface area contributed by atoms with Crippen molar-refractivity contribution in [2.24, 2.45) is 0 Å². The molecule has 0 aliphatic carbocycles. The van der Waals surface area contributed by atoms with E-state index in [1.807, 2.05) is 6.07 Å². The van der Waals surface area contributed by atoms with E-state index in [1.54, 1.807) is 7.11 Å². The molecule has 1 nitrogen and oxygen atoms in total. The maximum atomic E-state index is 5.07. The summed E-state index contributed by atoms with van der Waals surface area (Å²) in [6.45, 7) is 0. The van der Waals surface area contributed by atoms with Crippen LogP contribution in [0.5, 0.6) is 0 Å². The molecule has 1 atom stereocenters. The molecule has 2 heteroatoms. The van der Waals surface area contributed by atoms with Crippen molar-refractivity contribution >= 4 is 16.1 Å². The molecule has 0 fully saturated rings. The second kappa shape index (κ2) is 4.54. The third-order valence-electron chi connectivity index (χ3n) is 1.26. The normalized spacial score (nSPS) is 10.9. The average molecular weight is 198 g/mol. The minimum atomic E-state index is -0.168. The molecule has 1 aromatic carbocycles. The molecule has 1 aromatic rings. The van der Waals surface area contributed by atoms with Crippen LogP contribution in [0.1, 0.15) is 5.56 Å². The summed E-state index contributed by atoms with van der Waals surface area (Å²) in [6, 6.07) is 10.5. The van der Waals surface area contributed by atoms with Gasteiger partial charge < -0.3 is 0 Å². The average Bonchev–Trinajstić information content (AvgIpc) is 2.03. The van der Waals surface area contributed by atoms with Crippen molar-refractivity contribution in [3.8, 4) is 0 Å². The van der Waals surface area contributed by atoms with Crippen LogP contribution in [0.15, 0.2) is 30.3 Å². The summed E-state index contributed by atoms with van der Waals surface area (Å²) >= 11 is -0.168. The van der Waals surface area contributed by atoms with Crippen molar-refractivity contribution in [2.75, 3.05) is 7.11 Å². The quantitative estimate of drug-likeness (QED) is 0.663. The van der Waals surface area contributed by atoms with Gasteiger partial charge in [0.2, 0.25) is 0 Å². The first kappa shape index (κ1) is 7.84. The molecule has 0 N–H and O–H groups in total. The predicted molar refractivity (Wildman–Crippen MR) is 44.3 cm³/mol. The Labute approximate surface area is 68.4 Å². The Morgan fingerprint density at radius 1 is 1.30 bits per heavy atom. The molecular formula is C8H11AsO. The van der Waals surface area contributed by atoms with Gasteiger partial charge in [0, 0.05) is 0 Å². The standard InChI is InChI=1S/C8H11AsO/c1-10-9-7-8-5-3-2-4-6-8/h2-6,9H,7H2,1H3. The molecule has 0 aliphatic heterocycles. The Balaban J connectivity index is 2.43. The Morgan fingerprint density at radius 3 is 2.60 bits per heavy atom. The van der Waals surface area contributed by atoms with Gasteiger partial charge in [-0.05, 0) is 0 Å². The second-order valence-corrected chi connectivity index (χ2v) is 4.21. The van der Waals surface area contributed by atoms with E-state index in [0.29, 0.717) is 0 Å².